The van der Waals surface area contributed by atoms with Crippen LogP contribution in [0.15, 0.2) is 30.5 Å². The molecule has 0 bridgehead atoms. The Morgan fingerprint density at radius 1 is 1.26 bits per heavy atom. The molecule has 1 aromatic heterocycles. The van der Waals surface area contributed by atoms with E-state index in [1.54, 1.807) is 0 Å². The van der Waals surface area contributed by atoms with Crippen molar-refractivity contribution in [1.82, 2.24) is 9.97 Å². The summed E-state index contributed by atoms with van der Waals surface area (Å²) < 4.78 is 39.5. The first-order valence-electron chi connectivity index (χ1n) is 8.50. The second kappa shape index (κ2) is 7.72. The molecule has 1 saturated heterocycles. The zero-order valence-corrected chi connectivity index (χ0v) is 15.3. The molecule has 144 valence electrons. The van der Waals surface area contributed by atoms with Gasteiger partial charge in [0.05, 0.1) is 11.3 Å². The number of alkyl halides is 3. The van der Waals surface area contributed by atoms with Crippen LogP contribution in [0.3, 0.4) is 0 Å². The Hall–Kier alpha value is -2.35. The molecular formula is C18H18ClF3N4O. The van der Waals surface area contributed by atoms with Crippen LogP contribution in [-0.2, 0) is 6.18 Å². The van der Waals surface area contributed by atoms with E-state index in [1.807, 2.05) is 4.90 Å². The van der Waals surface area contributed by atoms with E-state index in [2.05, 4.69) is 22.2 Å². The van der Waals surface area contributed by atoms with Gasteiger partial charge in [0.1, 0.15) is 5.69 Å². The van der Waals surface area contributed by atoms with Crippen LogP contribution in [0, 0.1) is 5.92 Å². The van der Waals surface area contributed by atoms with Gasteiger partial charge in [-0.15, -0.1) is 0 Å². The van der Waals surface area contributed by atoms with Gasteiger partial charge in [0.2, 0.25) is 5.95 Å². The number of rotatable bonds is 3. The number of benzene rings is 1. The number of carbonyl (C=O) groups excluding carboxylic acids is 1. The van der Waals surface area contributed by atoms with E-state index >= 15 is 0 Å². The van der Waals surface area contributed by atoms with Gasteiger partial charge in [-0.1, -0.05) is 18.5 Å². The average molecular weight is 399 g/mol. The van der Waals surface area contributed by atoms with Crippen LogP contribution in [0.2, 0.25) is 5.02 Å². The molecule has 0 saturated carbocycles. The number of anilines is 2. The molecule has 27 heavy (non-hydrogen) atoms. The van der Waals surface area contributed by atoms with Crippen LogP contribution >= 0.6 is 11.6 Å². The number of hydrogen-bond donors (Lipinski definition) is 1. The summed E-state index contributed by atoms with van der Waals surface area (Å²) in [5, 5.41) is 2.21. The molecule has 9 heteroatoms. The Morgan fingerprint density at radius 3 is 2.63 bits per heavy atom. The van der Waals surface area contributed by atoms with E-state index in [-0.39, 0.29) is 16.4 Å². The zero-order valence-electron chi connectivity index (χ0n) is 14.6. The summed E-state index contributed by atoms with van der Waals surface area (Å²) in [4.78, 5) is 22.8. The quantitative estimate of drug-likeness (QED) is 0.818. The van der Waals surface area contributed by atoms with E-state index < -0.39 is 17.6 Å². The van der Waals surface area contributed by atoms with Crippen LogP contribution in [0.1, 0.15) is 35.8 Å². The highest BCUT2D eigenvalue weighted by Gasteiger charge is 2.34. The molecule has 0 atom stereocenters. The third-order valence-corrected chi connectivity index (χ3v) is 4.71. The molecule has 2 aromatic rings. The van der Waals surface area contributed by atoms with E-state index in [0.29, 0.717) is 11.9 Å². The lowest BCUT2D eigenvalue weighted by molar-refractivity contribution is -0.136. The SMILES string of the molecule is CC1CCN(c2nccc(C(=O)Nc3ccc(Cl)cc3C(F)(F)F)n2)CC1. The monoisotopic (exact) mass is 398 g/mol. The normalized spacial score (nSPS) is 15.7. The summed E-state index contributed by atoms with van der Waals surface area (Å²) in [6, 6.07) is 4.55. The second-order valence-corrected chi connectivity index (χ2v) is 6.99. The highest BCUT2D eigenvalue weighted by molar-refractivity contribution is 6.30. The third-order valence-electron chi connectivity index (χ3n) is 4.48. The summed E-state index contributed by atoms with van der Waals surface area (Å²) in [5.41, 5.74) is -1.38. The molecule has 0 spiro atoms. The number of carbonyl (C=O) groups is 1. The minimum Gasteiger partial charge on any atom is -0.341 e. The first kappa shape index (κ1) is 19.4. The summed E-state index contributed by atoms with van der Waals surface area (Å²) in [7, 11) is 0. The van der Waals surface area contributed by atoms with Crippen molar-refractivity contribution >= 4 is 29.1 Å². The number of amides is 1. The Balaban J connectivity index is 1.80. The molecule has 1 aliphatic rings. The summed E-state index contributed by atoms with van der Waals surface area (Å²) in [6.07, 6.45) is -1.21. The molecule has 0 aliphatic carbocycles. The van der Waals surface area contributed by atoms with E-state index in [0.717, 1.165) is 38.1 Å². The molecule has 3 rings (SSSR count). The van der Waals surface area contributed by atoms with E-state index in [1.165, 1.54) is 18.3 Å². The van der Waals surface area contributed by atoms with Crippen molar-refractivity contribution in [2.75, 3.05) is 23.3 Å². The molecule has 1 aliphatic heterocycles. The predicted octanol–water partition coefficient (Wildman–Crippen LogP) is 4.64. The minimum absolute atomic E-state index is 0.00157. The van der Waals surface area contributed by atoms with Crippen LogP contribution < -0.4 is 10.2 Å². The van der Waals surface area contributed by atoms with Crippen LogP contribution in [-0.4, -0.2) is 29.0 Å². The number of nitrogens with zero attached hydrogens (tertiary/aromatic N) is 3. The number of halogens is 4. The van der Waals surface area contributed by atoms with Crippen molar-refractivity contribution in [1.29, 1.82) is 0 Å². The lowest BCUT2D eigenvalue weighted by Crippen LogP contribution is -2.34. The summed E-state index contributed by atoms with van der Waals surface area (Å²) >= 11 is 5.65. The van der Waals surface area contributed by atoms with Crippen molar-refractivity contribution in [3.63, 3.8) is 0 Å². The maximum Gasteiger partial charge on any atom is 0.418 e. The van der Waals surface area contributed by atoms with Gasteiger partial charge in [0.15, 0.2) is 0 Å². The van der Waals surface area contributed by atoms with Crippen LogP contribution in [0.25, 0.3) is 0 Å². The predicted molar refractivity (Wildman–Crippen MR) is 97.1 cm³/mol. The lowest BCUT2D eigenvalue weighted by Gasteiger charge is -2.30. The second-order valence-electron chi connectivity index (χ2n) is 6.55. The Labute approximate surface area is 159 Å². The number of aromatic nitrogens is 2. The molecule has 1 fully saturated rings. The maximum atomic E-state index is 13.2. The molecule has 1 aromatic carbocycles. The average Bonchev–Trinajstić information content (AvgIpc) is 2.63. The van der Waals surface area contributed by atoms with Gasteiger partial charge in [-0.25, -0.2) is 9.97 Å². The van der Waals surface area contributed by atoms with Gasteiger partial charge in [-0.3, -0.25) is 4.79 Å². The molecule has 5 nitrogen and oxygen atoms in total. The topological polar surface area (TPSA) is 58.1 Å². The molecule has 0 radical (unpaired) electrons. The van der Waals surface area contributed by atoms with Crippen molar-refractivity contribution in [2.45, 2.75) is 25.9 Å². The van der Waals surface area contributed by atoms with E-state index in [4.69, 9.17) is 11.6 Å². The fourth-order valence-corrected chi connectivity index (χ4v) is 3.05. The van der Waals surface area contributed by atoms with Crippen LogP contribution in [0.5, 0.6) is 0 Å². The van der Waals surface area contributed by atoms with Gasteiger partial charge in [0, 0.05) is 24.3 Å². The van der Waals surface area contributed by atoms with E-state index in [9.17, 15) is 18.0 Å². The highest BCUT2D eigenvalue weighted by Crippen LogP contribution is 2.36. The van der Waals surface area contributed by atoms with Gasteiger partial charge >= 0.3 is 6.18 Å². The highest BCUT2D eigenvalue weighted by atomic mass is 35.5. The molecule has 0 unspecified atom stereocenters. The number of nitrogens with one attached hydrogen (secondary N) is 1. The Bertz CT molecular complexity index is 836. The van der Waals surface area contributed by atoms with Gasteiger partial charge in [-0.05, 0) is 43.0 Å². The maximum absolute atomic E-state index is 13.2. The zero-order chi connectivity index (χ0) is 19.6. The first-order valence-corrected chi connectivity index (χ1v) is 8.88. The number of piperidine rings is 1. The smallest absolute Gasteiger partial charge is 0.341 e. The van der Waals surface area contributed by atoms with Crippen molar-refractivity contribution in [2.24, 2.45) is 5.92 Å². The van der Waals surface area contributed by atoms with Gasteiger partial charge in [0.25, 0.3) is 5.91 Å². The molecule has 1 N–H and O–H groups in total. The van der Waals surface area contributed by atoms with Gasteiger partial charge in [-0.2, -0.15) is 13.2 Å². The minimum atomic E-state index is -4.64. The summed E-state index contributed by atoms with van der Waals surface area (Å²) in [6.45, 7) is 3.73. The summed E-state index contributed by atoms with van der Waals surface area (Å²) in [5.74, 6) is 0.289. The third kappa shape index (κ3) is 4.68. The number of hydrogen-bond acceptors (Lipinski definition) is 4. The first-order chi connectivity index (χ1) is 12.7. The fourth-order valence-electron chi connectivity index (χ4n) is 2.88. The van der Waals surface area contributed by atoms with Crippen LogP contribution in [0.4, 0.5) is 24.8 Å². The Morgan fingerprint density at radius 2 is 1.96 bits per heavy atom. The van der Waals surface area contributed by atoms with Gasteiger partial charge < -0.3 is 10.2 Å². The fraction of sp³-hybridized carbons (Fsp3) is 0.389. The Kier molecular flexibility index (Phi) is 5.55. The molecule has 1 amide bonds. The lowest BCUT2D eigenvalue weighted by atomic mass is 10.00. The molecule has 2 heterocycles. The molecular weight excluding hydrogens is 381 g/mol. The van der Waals surface area contributed by atoms with Crippen molar-refractivity contribution in [3.8, 4) is 0 Å². The van der Waals surface area contributed by atoms with Crippen molar-refractivity contribution < 1.29 is 18.0 Å². The standard InChI is InChI=1S/C18H18ClF3N4O/c1-11-5-8-26(9-6-11)17-23-7-4-15(25-17)16(27)24-14-3-2-12(19)10-13(14)18(20,21)22/h2-4,7,10-11H,5-6,8-9H2,1H3,(H,24,27). The largest absolute Gasteiger partial charge is 0.418 e. The van der Waals surface area contributed by atoms with Crippen molar-refractivity contribution in [3.05, 3.63) is 46.7 Å².